The largest absolute Gasteiger partial charge is 0.454 e. The van der Waals surface area contributed by atoms with E-state index >= 15 is 0 Å². The monoisotopic (exact) mass is 424 g/mol. The van der Waals surface area contributed by atoms with Crippen molar-refractivity contribution in [2.24, 2.45) is 0 Å². The van der Waals surface area contributed by atoms with Crippen molar-refractivity contribution >= 4 is 40.1 Å². The molecule has 2 aliphatic heterocycles. The van der Waals surface area contributed by atoms with E-state index in [-0.39, 0.29) is 18.5 Å². The molecule has 1 aromatic heterocycles. The summed E-state index contributed by atoms with van der Waals surface area (Å²) in [6.07, 6.45) is 7.96. The van der Waals surface area contributed by atoms with Gasteiger partial charge in [0.1, 0.15) is 5.82 Å². The average molecular weight is 425 g/mol. The van der Waals surface area contributed by atoms with E-state index in [4.69, 9.17) is 21.1 Å². The van der Waals surface area contributed by atoms with Crippen LogP contribution in [-0.2, 0) is 4.79 Å². The van der Waals surface area contributed by atoms with Crippen molar-refractivity contribution in [1.29, 1.82) is 0 Å². The summed E-state index contributed by atoms with van der Waals surface area (Å²) in [5.41, 5.74) is 3.76. The van der Waals surface area contributed by atoms with E-state index in [1.807, 2.05) is 6.20 Å². The zero-order chi connectivity index (χ0) is 20.7. The van der Waals surface area contributed by atoms with Gasteiger partial charge < -0.3 is 19.4 Å². The van der Waals surface area contributed by atoms with Gasteiger partial charge in [0.05, 0.1) is 5.02 Å². The van der Waals surface area contributed by atoms with Crippen LogP contribution in [0.15, 0.2) is 48.7 Å². The number of carbonyl (C=O) groups is 1. The van der Waals surface area contributed by atoms with Gasteiger partial charge in [-0.25, -0.2) is 4.39 Å². The summed E-state index contributed by atoms with van der Waals surface area (Å²) >= 11 is 6.19. The molecule has 7 heteroatoms. The summed E-state index contributed by atoms with van der Waals surface area (Å²) in [6.45, 7) is 1.29. The highest BCUT2D eigenvalue weighted by Crippen LogP contribution is 2.40. The summed E-state index contributed by atoms with van der Waals surface area (Å²) in [7, 11) is 0. The predicted molar refractivity (Wildman–Crippen MR) is 114 cm³/mol. The lowest BCUT2D eigenvalue weighted by Crippen LogP contribution is -2.33. The first-order valence-corrected chi connectivity index (χ1v) is 9.98. The fourth-order valence-corrected chi connectivity index (χ4v) is 4.11. The van der Waals surface area contributed by atoms with Crippen LogP contribution >= 0.6 is 11.6 Å². The van der Waals surface area contributed by atoms with E-state index in [0.29, 0.717) is 29.6 Å². The van der Waals surface area contributed by atoms with Crippen LogP contribution in [0.5, 0.6) is 11.5 Å². The molecule has 2 aliphatic rings. The van der Waals surface area contributed by atoms with Crippen molar-refractivity contribution in [2.45, 2.75) is 6.42 Å². The molecule has 5 nitrogen and oxygen atoms in total. The molecule has 0 spiro atoms. The smallest absolute Gasteiger partial charge is 0.246 e. The zero-order valence-electron chi connectivity index (χ0n) is 16.0. The number of aromatic nitrogens is 1. The Labute approximate surface area is 177 Å². The molecule has 1 N–H and O–H groups in total. The highest BCUT2D eigenvalue weighted by atomic mass is 35.5. The van der Waals surface area contributed by atoms with E-state index < -0.39 is 0 Å². The second-order valence-electron chi connectivity index (χ2n) is 7.23. The standard InChI is InChI=1S/C23H18ClFN2O3/c24-19-9-14(10-21-23(19)30-13-29-21)1-4-22(28)27-7-5-15(6-8-27)18-12-26-20-11-16(25)2-3-17(18)20/h1-5,9-12,26H,6-8,13H2/b4-1+. The van der Waals surface area contributed by atoms with Crippen molar-refractivity contribution in [1.82, 2.24) is 9.88 Å². The van der Waals surface area contributed by atoms with Gasteiger partial charge in [0.2, 0.25) is 12.7 Å². The molecule has 1 amide bonds. The number of ether oxygens (including phenoxy) is 2. The second-order valence-corrected chi connectivity index (χ2v) is 7.63. The van der Waals surface area contributed by atoms with E-state index in [2.05, 4.69) is 11.1 Å². The number of H-pyrrole nitrogens is 1. The SMILES string of the molecule is O=C(/C=C/c1cc(Cl)c2c(c1)OCO2)N1CC=C(c2c[nH]c3cc(F)ccc23)CC1. The third-order valence-electron chi connectivity index (χ3n) is 5.38. The number of hydrogen-bond acceptors (Lipinski definition) is 3. The first kappa shape index (κ1) is 18.8. The van der Waals surface area contributed by atoms with E-state index in [0.717, 1.165) is 34.0 Å². The number of hydrogen-bond donors (Lipinski definition) is 1. The van der Waals surface area contributed by atoms with Crippen molar-refractivity contribution in [3.05, 3.63) is 70.6 Å². The fraction of sp³-hybridized carbons (Fsp3) is 0.174. The molecule has 0 bridgehead atoms. The van der Waals surface area contributed by atoms with E-state index in [1.54, 1.807) is 35.3 Å². The Morgan fingerprint density at radius 3 is 2.97 bits per heavy atom. The number of nitrogens with one attached hydrogen (secondary N) is 1. The van der Waals surface area contributed by atoms with Gasteiger partial charge in [0.25, 0.3) is 0 Å². The minimum Gasteiger partial charge on any atom is -0.454 e. The Bertz CT molecular complexity index is 1210. The summed E-state index contributed by atoms with van der Waals surface area (Å²) in [5.74, 6) is 0.786. The number of halogens is 2. The maximum absolute atomic E-state index is 13.4. The molecular weight excluding hydrogens is 407 g/mol. The van der Waals surface area contributed by atoms with Gasteiger partial charge in [-0.2, -0.15) is 0 Å². The molecule has 3 heterocycles. The Morgan fingerprint density at radius 2 is 2.13 bits per heavy atom. The van der Waals surface area contributed by atoms with Crippen LogP contribution in [0.4, 0.5) is 4.39 Å². The van der Waals surface area contributed by atoms with Gasteiger partial charge in [-0.05, 0) is 54.0 Å². The number of aromatic amines is 1. The van der Waals surface area contributed by atoms with Crippen molar-refractivity contribution in [2.75, 3.05) is 19.9 Å². The molecule has 30 heavy (non-hydrogen) atoms. The third kappa shape index (κ3) is 3.44. The van der Waals surface area contributed by atoms with Crippen LogP contribution in [-0.4, -0.2) is 35.7 Å². The summed E-state index contributed by atoms with van der Waals surface area (Å²) < 4.78 is 24.1. The third-order valence-corrected chi connectivity index (χ3v) is 5.66. The van der Waals surface area contributed by atoms with Crippen LogP contribution in [0, 0.1) is 5.82 Å². The normalized spacial score (nSPS) is 15.8. The van der Waals surface area contributed by atoms with Crippen LogP contribution < -0.4 is 9.47 Å². The minimum absolute atomic E-state index is 0.0694. The van der Waals surface area contributed by atoms with Gasteiger partial charge in [0, 0.05) is 41.8 Å². The van der Waals surface area contributed by atoms with Crippen molar-refractivity contribution in [3.8, 4) is 11.5 Å². The van der Waals surface area contributed by atoms with Crippen LogP contribution in [0.25, 0.3) is 22.6 Å². The highest BCUT2D eigenvalue weighted by Gasteiger charge is 2.20. The first-order valence-electron chi connectivity index (χ1n) is 9.60. The minimum atomic E-state index is -0.263. The highest BCUT2D eigenvalue weighted by molar-refractivity contribution is 6.32. The molecule has 2 aromatic carbocycles. The van der Waals surface area contributed by atoms with E-state index in [1.165, 1.54) is 12.1 Å². The van der Waals surface area contributed by atoms with E-state index in [9.17, 15) is 9.18 Å². The number of rotatable bonds is 3. The van der Waals surface area contributed by atoms with Crippen LogP contribution in [0.3, 0.4) is 0 Å². The lowest BCUT2D eigenvalue weighted by Gasteiger charge is -2.25. The lowest BCUT2D eigenvalue weighted by atomic mass is 9.99. The predicted octanol–water partition coefficient (Wildman–Crippen LogP) is 5.02. The molecule has 152 valence electrons. The molecule has 0 unspecified atom stereocenters. The number of amides is 1. The molecule has 0 atom stereocenters. The Kier molecular flexibility index (Phi) is 4.71. The van der Waals surface area contributed by atoms with Crippen LogP contribution in [0.2, 0.25) is 5.02 Å². The maximum Gasteiger partial charge on any atom is 0.246 e. The second kappa shape index (κ2) is 7.54. The lowest BCUT2D eigenvalue weighted by molar-refractivity contribution is -0.125. The van der Waals surface area contributed by atoms with Gasteiger partial charge in [-0.15, -0.1) is 0 Å². The Hall–Kier alpha value is -3.25. The molecule has 0 saturated carbocycles. The van der Waals surface area contributed by atoms with Gasteiger partial charge >= 0.3 is 0 Å². The van der Waals surface area contributed by atoms with Gasteiger partial charge in [-0.3, -0.25) is 4.79 Å². The van der Waals surface area contributed by atoms with Gasteiger partial charge in [0.15, 0.2) is 11.5 Å². The fourth-order valence-electron chi connectivity index (χ4n) is 3.83. The van der Waals surface area contributed by atoms with Crippen molar-refractivity contribution in [3.63, 3.8) is 0 Å². The molecule has 0 saturated heterocycles. The summed E-state index contributed by atoms with van der Waals surface area (Å²) in [4.78, 5) is 17.5. The number of benzene rings is 2. The number of carbonyl (C=O) groups excluding carboxylic acids is 1. The molecule has 0 aliphatic carbocycles. The topological polar surface area (TPSA) is 54.6 Å². The quantitative estimate of drug-likeness (QED) is 0.601. The zero-order valence-corrected chi connectivity index (χ0v) is 16.7. The maximum atomic E-state index is 13.4. The average Bonchev–Trinajstić information content (AvgIpc) is 3.39. The van der Waals surface area contributed by atoms with Crippen LogP contribution in [0.1, 0.15) is 17.5 Å². The summed E-state index contributed by atoms with van der Waals surface area (Å²) in [5, 5.41) is 1.45. The molecule has 3 aromatic rings. The Balaban J connectivity index is 1.29. The number of nitrogens with zero attached hydrogens (tertiary/aromatic N) is 1. The van der Waals surface area contributed by atoms with Crippen molar-refractivity contribution < 1.29 is 18.7 Å². The first-order chi connectivity index (χ1) is 14.6. The number of fused-ring (bicyclic) bond motifs is 2. The summed E-state index contributed by atoms with van der Waals surface area (Å²) in [6, 6.07) is 8.28. The molecule has 0 radical (unpaired) electrons. The Morgan fingerprint density at radius 1 is 1.23 bits per heavy atom. The molecular formula is C23H18ClFN2O3. The van der Waals surface area contributed by atoms with Gasteiger partial charge in [-0.1, -0.05) is 17.7 Å². The molecule has 0 fully saturated rings. The molecule has 5 rings (SSSR count).